The molecule has 0 radical (unpaired) electrons. The zero-order valence-electron chi connectivity index (χ0n) is 14.6. The summed E-state index contributed by atoms with van der Waals surface area (Å²) in [5, 5.41) is 2.82. The van der Waals surface area contributed by atoms with E-state index < -0.39 is 29.9 Å². The molecule has 0 bridgehead atoms. The molecular weight excluding hydrogens is 310 g/mol. The van der Waals surface area contributed by atoms with Gasteiger partial charge < -0.3 is 19.5 Å². The van der Waals surface area contributed by atoms with Crippen LogP contribution in [-0.2, 0) is 25.4 Å². The van der Waals surface area contributed by atoms with Gasteiger partial charge in [0.2, 0.25) is 0 Å². The number of carbonyl (C=O) groups excluding carboxylic acids is 2. The van der Waals surface area contributed by atoms with E-state index in [-0.39, 0.29) is 6.04 Å². The number of esters is 1. The second-order valence-corrected chi connectivity index (χ2v) is 6.72. The van der Waals surface area contributed by atoms with Gasteiger partial charge in [-0.15, -0.1) is 0 Å². The average Bonchev–Trinajstić information content (AvgIpc) is 3.26. The van der Waals surface area contributed by atoms with E-state index in [1.807, 2.05) is 30.3 Å². The lowest BCUT2D eigenvalue weighted by Crippen LogP contribution is -2.44. The van der Waals surface area contributed by atoms with Gasteiger partial charge in [0.25, 0.3) is 0 Å². The number of hydrogen-bond donors (Lipinski definition) is 1. The molecule has 132 valence electrons. The summed E-state index contributed by atoms with van der Waals surface area (Å²) in [4.78, 5) is 23.9. The molecule has 2 rings (SSSR count). The Bertz CT molecular complexity index is 567. The van der Waals surface area contributed by atoms with Gasteiger partial charge in [0.05, 0.1) is 12.6 Å². The Morgan fingerprint density at radius 1 is 1.25 bits per heavy atom. The fourth-order valence-electron chi connectivity index (χ4n) is 2.42. The molecule has 6 heteroatoms. The van der Waals surface area contributed by atoms with Crippen LogP contribution in [0.5, 0.6) is 0 Å². The summed E-state index contributed by atoms with van der Waals surface area (Å²) in [5.74, 6) is -0.397. The Morgan fingerprint density at radius 3 is 2.50 bits per heavy atom. The first-order chi connectivity index (χ1) is 11.3. The van der Waals surface area contributed by atoms with Crippen molar-refractivity contribution >= 4 is 12.1 Å². The van der Waals surface area contributed by atoms with Crippen molar-refractivity contribution in [2.24, 2.45) is 0 Å². The van der Waals surface area contributed by atoms with E-state index in [1.54, 1.807) is 27.7 Å². The first-order valence-electron chi connectivity index (χ1n) is 8.15. The van der Waals surface area contributed by atoms with Crippen LogP contribution in [0.25, 0.3) is 0 Å². The summed E-state index contributed by atoms with van der Waals surface area (Å²) < 4.78 is 15.7. The van der Waals surface area contributed by atoms with Crippen LogP contribution in [-0.4, -0.2) is 42.5 Å². The number of rotatable bonds is 6. The lowest BCUT2D eigenvalue weighted by molar-refractivity contribution is -0.144. The Kier molecular flexibility index (Phi) is 5.83. The largest absolute Gasteiger partial charge is 0.464 e. The SMILES string of the molecule is CCOC(=O)C1OC1C(Cc1ccccc1)NC(=O)OC(C)(C)C. The van der Waals surface area contributed by atoms with E-state index in [4.69, 9.17) is 14.2 Å². The smallest absolute Gasteiger partial charge is 0.407 e. The molecule has 1 aliphatic heterocycles. The Labute approximate surface area is 142 Å². The van der Waals surface area contributed by atoms with Gasteiger partial charge in [0, 0.05) is 0 Å². The van der Waals surface area contributed by atoms with Gasteiger partial charge in [0.15, 0.2) is 6.10 Å². The fourth-order valence-corrected chi connectivity index (χ4v) is 2.42. The van der Waals surface area contributed by atoms with E-state index in [1.165, 1.54) is 0 Å². The number of amides is 1. The molecule has 3 unspecified atom stereocenters. The van der Waals surface area contributed by atoms with Crippen LogP contribution < -0.4 is 5.32 Å². The second-order valence-electron chi connectivity index (χ2n) is 6.72. The number of epoxide rings is 1. The highest BCUT2D eigenvalue weighted by molar-refractivity contribution is 5.78. The van der Waals surface area contributed by atoms with Gasteiger partial charge in [-0.3, -0.25) is 0 Å². The third-order valence-electron chi connectivity index (χ3n) is 3.44. The maximum Gasteiger partial charge on any atom is 0.407 e. The molecule has 1 heterocycles. The van der Waals surface area contributed by atoms with Gasteiger partial charge >= 0.3 is 12.1 Å². The Morgan fingerprint density at radius 2 is 1.92 bits per heavy atom. The zero-order chi connectivity index (χ0) is 17.7. The number of carbonyl (C=O) groups is 2. The van der Waals surface area contributed by atoms with Crippen molar-refractivity contribution in [1.29, 1.82) is 0 Å². The summed E-state index contributed by atoms with van der Waals surface area (Å²) in [6.07, 6.45) is -1.02. The minimum Gasteiger partial charge on any atom is -0.464 e. The highest BCUT2D eigenvalue weighted by atomic mass is 16.6. The molecule has 1 saturated heterocycles. The van der Waals surface area contributed by atoms with Crippen LogP contribution in [0.2, 0.25) is 0 Å². The van der Waals surface area contributed by atoms with Crippen molar-refractivity contribution in [3.63, 3.8) is 0 Å². The van der Waals surface area contributed by atoms with Crippen LogP contribution in [0, 0.1) is 0 Å². The van der Waals surface area contributed by atoms with E-state index in [9.17, 15) is 9.59 Å². The third-order valence-corrected chi connectivity index (χ3v) is 3.44. The summed E-state index contributed by atoms with van der Waals surface area (Å²) in [6, 6.07) is 9.34. The molecule has 1 fully saturated rings. The van der Waals surface area contributed by atoms with Gasteiger partial charge in [-0.1, -0.05) is 30.3 Å². The molecule has 1 N–H and O–H groups in total. The van der Waals surface area contributed by atoms with Crippen molar-refractivity contribution in [3.8, 4) is 0 Å². The predicted octanol–water partition coefficient (Wildman–Crippen LogP) is 2.45. The summed E-state index contributed by atoms with van der Waals surface area (Å²) in [7, 11) is 0. The number of ether oxygens (including phenoxy) is 3. The van der Waals surface area contributed by atoms with E-state index in [0.29, 0.717) is 13.0 Å². The topological polar surface area (TPSA) is 77.2 Å². The molecule has 1 aromatic carbocycles. The van der Waals surface area contributed by atoms with Gasteiger partial charge in [-0.2, -0.15) is 0 Å². The zero-order valence-corrected chi connectivity index (χ0v) is 14.6. The Balaban J connectivity index is 2.02. The third kappa shape index (κ3) is 5.53. The Hall–Kier alpha value is -2.08. The standard InChI is InChI=1S/C18H25NO5/c1-5-22-16(20)15-14(23-15)13(11-12-9-7-6-8-10-12)19-17(21)24-18(2,3)4/h6-10,13-15H,5,11H2,1-4H3,(H,19,21). The van der Waals surface area contributed by atoms with Crippen LogP contribution in [0.3, 0.4) is 0 Å². The minimum absolute atomic E-state index is 0.300. The predicted molar refractivity (Wildman–Crippen MR) is 88.6 cm³/mol. The lowest BCUT2D eigenvalue weighted by Gasteiger charge is -2.23. The maximum absolute atomic E-state index is 12.1. The molecule has 3 atom stereocenters. The summed E-state index contributed by atoms with van der Waals surface area (Å²) >= 11 is 0. The molecular formula is C18H25NO5. The van der Waals surface area contributed by atoms with E-state index in [2.05, 4.69) is 5.32 Å². The van der Waals surface area contributed by atoms with Gasteiger partial charge in [0.1, 0.15) is 11.7 Å². The van der Waals surface area contributed by atoms with Gasteiger partial charge in [-0.05, 0) is 39.7 Å². The van der Waals surface area contributed by atoms with Crippen molar-refractivity contribution in [3.05, 3.63) is 35.9 Å². The quantitative estimate of drug-likeness (QED) is 0.638. The molecule has 1 aromatic rings. The second kappa shape index (κ2) is 7.66. The fraction of sp³-hybridized carbons (Fsp3) is 0.556. The summed E-state index contributed by atoms with van der Waals surface area (Å²) in [6.45, 7) is 7.44. The molecule has 1 aliphatic rings. The van der Waals surface area contributed by atoms with E-state index in [0.717, 1.165) is 5.56 Å². The summed E-state index contributed by atoms with van der Waals surface area (Å²) in [5.41, 5.74) is 0.448. The van der Waals surface area contributed by atoms with Crippen molar-refractivity contribution in [2.45, 2.75) is 58.0 Å². The minimum atomic E-state index is -0.631. The molecule has 0 aromatic heterocycles. The molecule has 0 saturated carbocycles. The van der Waals surface area contributed by atoms with Crippen LogP contribution >= 0.6 is 0 Å². The van der Waals surface area contributed by atoms with Crippen molar-refractivity contribution in [1.82, 2.24) is 5.32 Å². The van der Waals surface area contributed by atoms with Crippen LogP contribution in [0.15, 0.2) is 30.3 Å². The first kappa shape index (κ1) is 18.3. The molecule has 24 heavy (non-hydrogen) atoms. The molecule has 0 spiro atoms. The molecule has 1 amide bonds. The monoisotopic (exact) mass is 335 g/mol. The number of hydrogen-bond acceptors (Lipinski definition) is 5. The number of nitrogens with one attached hydrogen (secondary N) is 1. The molecule has 6 nitrogen and oxygen atoms in total. The number of benzene rings is 1. The van der Waals surface area contributed by atoms with Crippen molar-refractivity contribution < 1.29 is 23.8 Å². The normalized spacial score (nSPS) is 20.8. The van der Waals surface area contributed by atoms with Crippen molar-refractivity contribution in [2.75, 3.05) is 6.61 Å². The molecule has 0 aliphatic carbocycles. The van der Waals surface area contributed by atoms with Crippen LogP contribution in [0.1, 0.15) is 33.3 Å². The maximum atomic E-state index is 12.1. The highest BCUT2D eigenvalue weighted by Gasteiger charge is 2.51. The van der Waals surface area contributed by atoms with Gasteiger partial charge in [-0.25, -0.2) is 9.59 Å². The van der Waals surface area contributed by atoms with Crippen LogP contribution in [0.4, 0.5) is 4.79 Å². The number of alkyl carbamates (subject to hydrolysis) is 1. The van der Waals surface area contributed by atoms with E-state index >= 15 is 0 Å². The lowest BCUT2D eigenvalue weighted by atomic mass is 10.0. The first-order valence-corrected chi connectivity index (χ1v) is 8.15. The highest BCUT2D eigenvalue weighted by Crippen LogP contribution is 2.29. The average molecular weight is 335 g/mol.